The minimum Gasteiger partial charge on any atom is -0.352 e. The van der Waals surface area contributed by atoms with Gasteiger partial charge >= 0.3 is 0 Å². The Hall–Kier alpha value is -3.00. The Morgan fingerprint density at radius 1 is 1.24 bits per heavy atom. The van der Waals surface area contributed by atoms with E-state index in [-0.39, 0.29) is 35.9 Å². The maximum atomic E-state index is 12.6. The van der Waals surface area contributed by atoms with Crippen LogP contribution in [0.1, 0.15) is 82.1 Å². The summed E-state index contributed by atoms with van der Waals surface area (Å²) in [6.45, 7) is 15.4. The standard InChI is InChI=1S/C30H48N6O2/c1-9-17-33-30(31-6)34-27-20-22(3)36(24(5)37)28(23(27)4)16-11-21(2)25-12-14-26(15-13-25)29(38)32-18-10-19-35(7)8/h9,12-15,17,21-23,27-28H,6,10-11,16,18-20H2,1-5,7-8H3,(H,32,38)(H,33,34)/b17-9-/t21?,22-,23?,27+,28?/m0/s1. The molecule has 210 valence electrons. The molecular formula is C30H48N6O2. The lowest BCUT2D eigenvalue weighted by Crippen LogP contribution is -2.56. The summed E-state index contributed by atoms with van der Waals surface area (Å²) in [5.74, 6) is 1.07. The SMILES string of the molecule is C=NC(=N[C@@H]1C[C@H](C)N(C(C)=O)C(CCC(C)c2ccc(C(=O)NCCCN(C)C)cc2)C1C)N/C=C\C. The normalized spacial score (nSPS) is 22.9. The molecule has 0 spiro atoms. The molecule has 1 aliphatic rings. The van der Waals surface area contributed by atoms with Crippen molar-refractivity contribution >= 4 is 24.5 Å². The highest BCUT2D eigenvalue weighted by molar-refractivity contribution is 5.94. The number of likely N-dealkylation sites (tertiary alicyclic amines) is 1. The molecule has 3 unspecified atom stereocenters. The van der Waals surface area contributed by atoms with Gasteiger partial charge < -0.3 is 20.4 Å². The Morgan fingerprint density at radius 3 is 2.50 bits per heavy atom. The average molecular weight is 525 g/mol. The summed E-state index contributed by atoms with van der Waals surface area (Å²) >= 11 is 0. The Labute approximate surface area is 229 Å². The van der Waals surface area contributed by atoms with Crippen LogP contribution in [0.4, 0.5) is 0 Å². The number of piperidine rings is 1. The summed E-state index contributed by atoms with van der Waals surface area (Å²) in [6, 6.07) is 8.16. The van der Waals surface area contributed by atoms with E-state index in [0.717, 1.165) is 32.2 Å². The van der Waals surface area contributed by atoms with Gasteiger partial charge in [-0.3, -0.25) is 9.59 Å². The van der Waals surface area contributed by atoms with Crippen molar-refractivity contribution in [1.29, 1.82) is 0 Å². The Bertz CT molecular complexity index is 971. The summed E-state index contributed by atoms with van der Waals surface area (Å²) in [6.07, 6.45) is 7.22. The Kier molecular flexibility index (Phi) is 12.7. The van der Waals surface area contributed by atoms with Gasteiger partial charge in [-0.25, -0.2) is 9.98 Å². The maximum Gasteiger partial charge on any atom is 0.251 e. The van der Waals surface area contributed by atoms with E-state index >= 15 is 0 Å². The second-order valence-electron chi connectivity index (χ2n) is 10.8. The highest BCUT2D eigenvalue weighted by Gasteiger charge is 2.40. The number of aliphatic imine (C=N–C) groups is 2. The Balaban J connectivity index is 2.06. The molecule has 2 N–H and O–H groups in total. The monoisotopic (exact) mass is 524 g/mol. The van der Waals surface area contributed by atoms with Crippen molar-refractivity contribution in [2.45, 2.75) is 84.3 Å². The number of hydrogen-bond acceptors (Lipinski definition) is 4. The van der Waals surface area contributed by atoms with Crippen molar-refractivity contribution in [3.8, 4) is 0 Å². The molecule has 1 aromatic rings. The number of carbonyl (C=O) groups excluding carboxylic acids is 2. The van der Waals surface area contributed by atoms with E-state index in [1.165, 1.54) is 5.56 Å². The van der Waals surface area contributed by atoms with Gasteiger partial charge in [0.05, 0.1) is 6.04 Å². The van der Waals surface area contributed by atoms with Crippen LogP contribution in [-0.2, 0) is 4.79 Å². The summed E-state index contributed by atoms with van der Waals surface area (Å²) < 4.78 is 0. The summed E-state index contributed by atoms with van der Waals surface area (Å²) in [5, 5.41) is 6.08. The molecule has 2 rings (SSSR count). The average Bonchev–Trinajstić information content (AvgIpc) is 2.89. The number of nitrogens with zero attached hydrogens (tertiary/aromatic N) is 4. The number of benzene rings is 1. The molecule has 1 aromatic carbocycles. The fourth-order valence-corrected chi connectivity index (χ4v) is 5.32. The third-order valence-electron chi connectivity index (χ3n) is 7.51. The minimum absolute atomic E-state index is 0.0334. The molecule has 2 amide bonds. The maximum absolute atomic E-state index is 12.6. The molecule has 8 heteroatoms. The van der Waals surface area contributed by atoms with E-state index in [2.05, 4.69) is 60.1 Å². The number of nitrogens with one attached hydrogen (secondary N) is 2. The zero-order valence-electron chi connectivity index (χ0n) is 24.4. The van der Waals surface area contributed by atoms with Crippen LogP contribution in [0.15, 0.2) is 46.5 Å². The second kappa shape index (κ2) is 15.4. The molecule has 1 heterocycles. The van der Waals surface area contributed by atoms with Crippen molar-refractivity contribution in [3.63, 3.8) is 0 Å². The first-order chi connectivity index (χ1) is 18.1. The highest BCUT2D eigenvalue weighted by atomic mass is 16.2. The predicted octanol–water partition coefficient (Wildman–Crippen LogP) is 4.45. The van der Waals surface area contributed by atoms with Crippen LogP contribution in [0.5, 0.6) is 0 Å². The van der Waals surface area contributed by atoms with E-state index < -0.39 is 0 Å². The van der Waals surface area contributed by atoms with Gasteiger partial charge in [0.15, 0.2) is 0 Å². The quantitative estimate of drug-likeness (QED) is 0.254. The molecule has 5 atom stereocenters. The van der Waals surface area contributed by atoms with Gasteiger partial charge in [-0.1, -0.05) is 32.1 Å². The molecule has 0 aliphatic carbocycles. The van der Waals surface area contributed by atoms with Gasteiger partial charge in [0.1, 0.15) is 0 Å². The number of amides is 2. The zero-order valence-corrected chi connectivity index (χ0v) is 24.4. The van der Waals surface area contributed by atoms with Crippen molar-refractivity contribution in [2.24, 2.45) is 15.9 Å². The van der Waals surface area contributed by atoms with Crippen molar-refractivity contribution in [2.75, 3.05) is 27.2 Å². The molecule has 1 fully saturated rings. The lowest BCUT2D eigenvalue weighted by atomic mass is 9.79. The van der Waals surface area contributed by atoms with Crippen molar-refractivity contribution in [3.05, 3.63) is 47.7 Å². The van der Waals surface area contributed by atoms with Gasteiger partial charge in [-0.05, 0) is 103 Å². The zero-order chi connectivity index (χ0) is 28.2. The topological polar surface area (TPSA) is 89.4 Å². The minimum atomic E-state index is -0.0334. The molecule has 8 nitrogen and oxygen atoms in total. The van der Waals surface area contributed by atoms with Crippen LogP contribution in [-0.4, -0.2) is 79.6 Å². The predicted molar refractivity (Wildman–Crippen MR) is 158 cm³/mol. The number of carbonyl (C=O) groups is 2. The lowest BCUT2D eigenvalue weighted by Gasteiger charge is -2.47. The van der Waals surface area contributed by atoms with Gasteiger partial charge in [0, 0.05) is 31.1 Å². The van der Waals surface area contributed by atoms with Crippen LogP contribution in [0.2, 0.25) is 0 Å². The number of allylic oxidation sites excluding steroid dienone is 1. The summed E-state index contributed by atoms with van der Waals surface area (Å²) in [4.78, 5) is 38.2. The second-order valence-corrected chi connectivity index (χ2v) is 10.8. The first-order valence-corrected chi connectivity index (χ1v) is 13.8. The first-order valence-electron chi connectivity index (χ1n) is 13.8. The van der Waals surface area contributed by atoms with E-state index in [9.17, 15) is 9.59 Å². The fourth-order valence-electron chi connectivity index (χ4n) is 5.32. The first kappa shape index (κ1) is 31.2. The summed E-state index contributed by atoms with van der Waals surface area (Å²) in [5.41, 5.74) is 1.88. The van der Waals surface area contributed by atoms with E-state index in [1.54, 1.807) is 13.1 Å². The Morgan fingerprint density at radius 2 is 1.92 bits per heavy atom. The van der Waals surface area contributed by atoms with Gasteiger partial charge in [-0.15, -0.1) is 0 Å². The fraction of sp³-hybridized carbons (Fsp3) is 0.600. The van der Waals surface area contributed by atoms with Crippen LogP contribution in [0, 0.1) is 5.92 Å². The summed E-state index contributed by atoms with van der Waals surface area (Å²) in [7, 11) is 4.06. The molecule has 0 radical (unpaired) electrons. The largest absolute Gasteiger partial charge is 0.352 e. The molecule has 0 aromatic heterocycles. The lowest BCUT2D eigenvalue weighted by molar-refractivity contribution is -0.138. The number of guanidine groups is 1. The third kappa shape index (κ3) is 9.08. The van der Waals surface area contributed by atoms with Crippen molar-refractivity contribution in [1.82, 2.24) is 20.4 Å². The molecule has 38 heavy (non-hydrogen) atoms. The van der Waals surface area contributed by atoms with E-state index in [1.807, 2.05) is 44.1 Å². The van der Waals surface area contributed by atoms with Crippen LogP contribution >= 0.6 is 0 Å². The molecule has 0 bridgehead atoms. The van der Waals surface area contributed by atoms with Gasteiger partial charge in [0.25, 0.3) is 5.91 Å². The smallest absolute Gasteiger partial charge is 0.251 e. The van der Waals surface area contributed by atoms with Crippen molar-refractivity contribution < 1.29 is 9.59 Å². The van der Waals surface area contributed by atoms with Gasteiger partial charge in [0.2, 0.25) is 11.9 Å². The molecule has 0 saturated carbocycles. The highest BCUT2D eigenvalue weighted by Crippen LogP contribution is 2.35. The van der Waals surface area contributed by atoms with E-state index in [0.29, 0.717) is 24.0 Å². The molecule has 1 saturated heterocycles. The molecule has 1 aliphatic heterocycles. The van der Waals surface area contributed by atoms with Crippen LogP contribution in [0.25, 0.3) is 0 Å². The number of hydrogen-bond donors (Lipinski definition) is 2. The van der Waals surface area contributed by atoms with Crippen LogP contribution in [0.3, 0.4) is 0 Å². The van der Waals surface area contributed by atoms with Gasteiger partial charge in [-0.2, -0.15) is 0 Å². The third-order valence-corrected chi connectivity index (χ3v) is 7.51. The van der Waals surface area contributed by atoms with E-state index in [4.69, 9.17) is 4.99 Å². The number of rotatable bonds is 11. The van der Waals surface area contributed by atoms with Crippen LogP contribution < -0.4 is 10.6 Å². The molecular weight excluding hydrogens is 476 g/mol.